The molecule has 0 aromatic carbocycles. The molecule has 5 heteroatoms. The van der Waals surface area contributed by atoms with Crippen molar-refractivity contribution in [2.45, 2.75) is 31.7 Å². The Balaban J connectivity index is 2.22. The predicted octanol–water partition coefficient (Wildman–Crippen LogP) is 0.481. The van der Waals surface area contributed by atoms with Gasteiger partial charge >= 0.3 is 11.9 Å². The van der Waals surface area contributed by atoms with E-state index >= 15 is 0 Å². The molecule has 0 aromatic rings. The first-order valence-corrected chi connectivity index (χ1v) is 5.55. The maximum atomic E-state index is 11.2. The molecule has 0 amide bonds. The molecule has 0 saturated carbocycles. The molecule has 1 fully saturated rings. The summed E-state index contributed by atoms with van der Waals surface area (Å²) < 4.78 is 9.26. The zero-order valence-electron chi connectivity index (χ0n) is 9.82. The minimum Gasteiger partial charge on any atom is -0.469 e. The van der Waals surface area contributed by atoms with Crippen LogP contribution in [0.25, 0.3) is 0 Å². The zero-order chi connectivity index (χ0) is 12.0. The van der Waals surface area contributed by atoms with E-state index in [0.29, 0.717) is 19.0 Å². The van der Waals surface area contributed by atoms with Crippen molar-refractivity contribution in [3.63, 3.8) is 0 Å². The van der Waals surface area contributed by atoms with Gasteiger partial charge in [0.15, 0.2) is 0 Å². The number of rotatable bonds is 4. The first kappa shape index (κ1) is 13.0. The van der Waals surface area contributed by atoms with E-state index in [1.165, 1.54) is 14.2 Å². The van der Waals surface area contributed by atoms with Crippen LogP contribution in [-0.4, -0.2) is 38.7 Å². The van der Waals surface area contributed by atoms with Gasteiger partial charge in [0.05, 0.1) is 20.1 Å². The second kappa shape index (κ2) is 6.48. The molecule has 2 unspecified atom stereocenters. The molecule has 0 spiro atoms. The average Bonchev–Trinajstić information content (AvgIpc) is 2.35. The summed E-state index contributed by atoms with van der Waals surface area (Å²) in [5.41, 5.74) is 0. The monoisotopic (exact) mass is 229 g/mol. The number of piperidine rings is 1. The number of methoxy groups -OCH3 is 2. The highest BCUT2D eigenvalue weighted by atomic mass is 16.5. The third-order valence-electron chi connectivity index (χ3n) is 2.98. The van der Waals surface area contributed by atoms with Gasteiger partial charge in [-0.05, 0) is 19.3 Å². The van der Waals surface area contributed by atoms with E-state index in [1.807, 2.05) is 0 Å². The van der Waals surface area contributed by atoms with Crippen LogP contribution in [0.2, 0.25) is 0 Å². The van der Waals surface area contributed by atoms with Crippen molar-refractivity contribution in [1.82, 2.24) is 5.32 Å². The highest BCUT2D eigenvalue weighted by Gasteiger charge is 2.26. The van der Waals surface area contributed by atoms with E-state index in [1.54, 1.807) is 0 Å². The smallest absolute Gasteiger partial charge is 0.309 e. The summed E-state index contributed by atoms with van der Waals surface area (Å²) in [6.45, 7) is 0.637. The van der Waals surface area contributed by atoms with Crippen molar-refractivity contribution >= 4 is 11.9 Å². The molecule has 1 aliphatic rings. The Morgan fingerprint density at radius 1 is 1.25 bits per heavy atom. The summed E-state index contributed by atoms with van der Waals surface area (Å²) in [5, 5.41) is 3.26. The first-order chi connectivity index (χ1) is 7.67. The second-order valence-electron chi connectivity index (χ2n) is 4.02. The number of carbonyl (C=O) groups excluding carboxylic acids is 2. The van der Waals surface area contributed by atoms with Gasteiger partial charge in [-0.25, -0.2) is 0 Å². The van der Waals surface area contributed by atoms with Crippen molar-refractivity contribution in [2.24, 2.45) is 5.92 Å². The highest BCUT2D eigenvalue weighted by Crippen LogP contribution is 2.18. The minimum absolute atomic E-state index is 0.0422. The summed E-state index contributed by atoms with van der Waals surface area (Å²) in [6, 6.07) is 0.306. The Morgan fingerprint density at radius 3 is 2.50 bits per heavy atom. The maximum absolute atomic E-state index is 11.2. The molecule has 2 atom stereocenters. The molecular weight excluding hydrogens is 210 g/mol. The number of esters is 2. The van der Waals surface area contributed by atoms with Crippen LogP contribution in [0.5, 0.6) is 0 Å². The molecule has 1 N–H and O–H groups in total. The van der Waals surface area contributed by atoms with Gasteiger partial charge < -0.3 is 14.8 Å². The van der Waals surface area contributed by atoms with E-state index in [2.05, 4.69) is 14.8 Å². The standard InChI is InChI=1S/C11H19NO4/c1-15-10(13)6-5-9-4-3-8(7-12-9)11(14)16-2/h8-9,12H,3-7H2,1-2H3. The summed E-state index contributed by atoms with van der Waals surface area (Å²) in [4.78, 5) is 22.2. The SMILES string of the molecule is COC(=O)CCC1CCC(C(=O)OC)CN1. The molecule has 1 heterocycles. The lowest BCUT2D eigenvalue weighted by atomic mass is 9.92. The Bertz CT molecular complexity index is 246. The lowest BCUT2D eigenvalue weighted by Crippen LogP contribution is -2.42. The van der Waals surface area contributed by atoms with E-state index in [0.717, 1.165) is 19.3 Å². The largest absolute Gasteiger partial charge is 0.469 e. The van der Waals surface area contributed by atoms with Crippen molar-refractivity contribution in [3.8, 4) is 0 Å². The fourth-order valence-electron chi connectivity index (χ4n) is 1.92. The van der Waals surface area contributed by atoms with Gasteiger partial charge in [-0.15, -0.1) is 0 Å². The summed E-state index contributed by atoms with van der Waals surface area (Å²) in [6.07, 6.45) is 2.92. The van der Waals surface area contributed by atoms with Crippen LogP contribution in [0.4, 0.5) is 0 Å². The Morgan fingerprint density at radius 2 is 2.00 bits per heavy atom. The van der Waals surface area contributed by atoms with Gasteiger partial charge in [0.1, 0.15) is 0 Å². The molecule has 16 heavy (non-hydrogen) atoms. The molecule has 0 aromatic heterocycles. The van der Waals surface area contributed by atoms with E-state index in [-0.39, 0.29) is 17.9 Å². The second-order valence-corrected chi connectivity index (χ2v) is 4.02. The van der Waals surface area contributed by atoms with Crippen LogP contribution in [0.15, 0.2) is 0 Å². The van der Waals surface area contributed by atoms with Crippen molar-refractivity contribution in [1.29, 1.82) is 0 Å². The third kappa shape index (κ3) is 3.81. The van der Waals surface area contributed by atoms with E-state index in [9.17, 15) is 9.59 Å². The lowest BCUT2D eigenvalue weighted by molar-refractivity contribution is -0.146. The Labute approximate surface area is 95.5 Å². The zero-order valence-corrected chi connectivity index (χ0v) is 9.82. The topological polar surface area (TPSA) is 64.6 Å². The van der Waals surface area contributed by atoms with Gasteiger partial charge in [-0.1, -0.05) is 0 Å². The molecule has 1 rings (SSSR count). The lowest BCUT2D eigenvalue weighted by Gasteiger charge is -2.28. The normalized spacial score (nSPS) is 24.9. The van der Waals surface area contributed by atoms with Crippen LogP contribution in [0.1, 0.15) is 25.7 Å². The number of hydrogen-bond acceptors (Lipinski definition) is 5. The number of nitrogens with one attached hydrogen (secondary N) is 1. The Kier molecular flexibility index (Phi) is 5.25. The number of hydrogen-bond donors (Lipinski definition) is 1. The molecule has 1 aliphatic heterocycles. The van der Waals surface area contributed by atoms with Crippen LogP contribution in [0, 0.1) is 5.92 Å². The number of carbonyl (C=O) groups is 2. The van der Waals surface area contributed by atoms with Crippen molar-refractivity contribution in [3.05, 3.63) is 0 Å². The highest BCUT2D eigenvalue weighted by molar-refractivity contribution is 5.72. The fraction of sp³-hybridized carbons (Fsp3) is 0.818. The van der Waals surface area contributed by atoms with Gasteiger partial charge in [0.2, 0.25) is 0 Å². The van der Waals surface area contributed by atoms with Crippen LogP contribution in [0.3, 0.4) is 0 Å². The van der Waals surface area contributed by atoms with Crippen molar-refractivity contribution in [2.75, 3.05) is 20.8 Å². The van der Waals surface area contributed by atoms with Crippen molar-refractivity contribution < 1.29 is 19.1 Å². The van der Waals surface area contributed by atoms with Gasteiger partial charge in [-0.3, -0.25) is 9.59 Å². The molecule has 0 bridgehead atoms. The van der Waals surface area contributed by atoms with E-state index < -0.39 is 0 Å². The average molecular weight is 229 g/mol. The molecule has 0 aliphatic carbocycles. The fourth-order valence-corrected chi connectivity index (χ4v) is 1.92. The first-order valence-electron chi connectivity index (χ1n) is 5.55. The maximum Gasteiger partial charge on any atom is 0.309 e. The third-order valence-corrected chi connectivity index (χ3v) is 2.98. The van der Waals surface area contributed by atoms with Gasteiger partial charge in [-0.2, -0.15) is 0 Å². The van der Waals surface area contributed by atoms with Gasteiger partial charge in [0, 0.05) is 19.0 Å². The summed E-state index contributed by atoms with van der Waals surface area (Å²) >= 11 is 0. The molecule has 5 nitrogen and oxygen atoms in total. The number of ether oxygens (including phenoxy) is 2. The summed E-state index contributed by atoms with van der Waals surface area (Å²) in [7, 11) is 2.80. The minimum atomic E-state index is -0.183. The van der Waals surface area contributed by atoms with Crippen LogP contribution in [-0.2, 0) is 19.1 Å². The molecule has 0 radical (unpaired) electrons. The Hall–Kier alpha value is -1.10. The van der Waals surface area contributed by atoms with Gasteiger partial charge in [0.25, 0.3) is 0 Å². The molecule has 1 saturated heterocycles. The summed E-state index contributed by atoms with van der Waals surface area (Å²) in [5.74, 6) is -0.379. The predicted molar refractivity (Wildman–Crippen MR) is 57.8 cm³/mol. The van der Waals surface area contributed by atoms with E-state index in [4.69, 9.17) is 0 Å². The van der Waals surface area contributed by atoms with Crippen LogP contribution >= 0.6 is 0 Å². The molecular formula is C11H19NO4. The van der Waals surface area contributed by atoms with Crippen LogP contribution < -0.4 is 5.32 Å². The quantitative estimate of drug-likeness (QED) is 0.710. The molecule has 92 valence electrons.